The number of ether oxygens (including phenoxy) is 1. The maximum atomic E-state index is 12.4. The normalized spacial score (nSPS) is 10.7. The molecule has 26 heavy (non-hydrogen) atoms. The van der Waals surface area contributed by atoms with Crippen LogP contribution in [0.4, 0.5) is 5.69 Å². The van der Waals surface area contributed by atoms with Gasteiger partial charge in [-0.3, -0.25) is 9.59 Å². The second kappa shape index (κ2) is 7.26. The van der Waals surface area contributed by atoms with Crippen molar-refractivity contribution in [2.24, 2.45) is 7.05 Å². The van der Waals surface area contributed by atoms with Gasteiger partial charge in [0.1, 0.15) is 6.54 Å². The van der Waals surface area contributed by atoms with E-state index in [4.69, 9.17) is 4.74 Å². The zero-order valence-corrected chi connectivity index (χ0v) is 14.6. The minimum Gasteiger partial charge on any atom is -0.462 e. The Morgan fingerprint density at radius 2 is 1.96 bits per heavy atom. The molecule has 0 radical (unpaired) electrons. The SMILES string of the molecule is CCOC(=O)c1cccc(NC(=O)Cn2ccc3c(=O)n(C)ccc32)c1. The summed E-state index contributed by atoms with van der Waals surface area (Å²) in [6.07, 6.45) is 3.38. The number of esters is 1. The molecule has 1 amide bonds. The van der Waals surface area contributed by atoms with Crippen LogP contribution < -0.4 is 10.9 Å². The second-order valence-corrected chi connectivity index (χ2v) is 5.82. The van der Waals surface area contributed by atoms with Crippen LogP contribution >= 0.6 is 0 Å². The van der Waals surface area contributed by atoms with Gasteiger partial charge in [0, 0.05) is 25.1 Å². The van der Waals surface area contributed by atoms with E-state index >= 15 is 0 Å². The van der Waals surface area contributed by atoms with Crippen molar-refractivity contribution in [2.45, 2.75) is 13.5 Å². The molecule has 0 spiro atoms. The summed E-state index contributed by atoms with van der Waals surface area (Å²) in [6, 6.07) is 10.1. The lowest BCUT2D eigenvalue weighted by Gasteiger charge is -2.09. The quantitative estimate of drug-likeness (QED) is 0.713. The molecule has 0 saturated heterocycles. The molecule has 0 bridgehead atoms. The van der Waals surface area contributed by atoms with Crippen LogP contribution in [-0.2, 0) is 23.1 Å². The maximum absolute atomic E-state index is 12.4. The number of nitrogens with zero attached hydrogens (tertiary/aromatic N) is 2. The highest BCUT2D eigenvalue weighted by Gasteiger charge is 2.11. The summed E-state index contributed by atoms with van der Waals surface area (Å²) in [5.41, 5.74) is 1.47. The van der Waals surface area contributed by atoms with Crippen LogP contribution in [0.2, 0.25) is 0 Å². The molecule has 1 aromatic carbocycles. The Labute approximate surface area is 149 Å². The predicted octanol–water partition coefficient (Wildman–Crippen LogP) is 2.16. The Hall–Kier alpha value is -3.35. The van der Waals surface area contributed by atoms with Crippen LogP contribution in [-0.4, -0.2) is 27.6 Å². The lowest BCUT2D eigenvalue weighted by Crippen LogP contribution is -2.19. The van der Waals surface area contributed by atoms with Gasteiger partial charge < -0.3 is 19.2 Å². The van der Waals surface area contributed by atoms with Crippen LogP contribution in [0.5, 0.6) is 0 Å². The molecule has 0 fully saturated rings. The lowest BCUT2D eigenvalue weighted by atomic mass is 10.2. The van der Waals surface area contributed by atoms with Gasteiger partial charge in [0.05, 0.1) is 23.1 Å². The average Bonchev–Trinajstić information content (AvgIpc) is 3.02. The molecule has 3 rings (SSSR count). The predicted molar refractivity (Wildman–Crippen MR) is 98.2 cm³/mol. The summed E-state index contributed by atoms with van der Waals surface area (Å²) in [5, 5.41) is 3.32. The van der Waals surface area contributed by atoms with Crippen LogP contribution in [0.15, 0.2) is 53.6 Å². The third-order valence-corrected chi connectivity index (χ3v) is 3.98. The number of fused-ring (bicyclic) bond motifs is 1. The standard InChI is InChI=1S/C19H19N3O4/c1-3-26-19(25)13-5-4-6-14(11-13)20-17(23)12-22-10-7-15-16(22)8-9-21(2)18(15)24/h4-11H,3,12H2,1-2H3,(H,20,23). The zero-order valence-electron chi connectivity index (χ0n) is 14.6. The van der Waals surface area contributed by atoms with Gasteiger partial charge in [-0.1, -0.05) is 6.07 Å². The van der Waals surface area contributed by atoms with E-state index in [9.17, 15) is 14.4 Å². The topological polar surface area (TPSA) is 82.3 Å². The molecule has 3 aromatic rings. The van der Waals surface area contributed by atoms with Gasteiger partial charge in [-0.05, 0) is 37.3 Å². The molecular weight excluding hydrogens is 334 g/mol. The van der Waals surface area contributed by atoms with Crippen molar-refractivity contribution in [3.63, 3.8) is 0 Å². The third-order valence-electron chi connectivity index (χ3n) is 3.98. The van der Waals surface area contributed by atoms with Crippen molar-refractivity contribution >= 4 is 28.5 Å². The third kappa shape index (κ3) is 3.51. The van der Waals surface area contributed by atoms with Crippen LogP contribution in [0.1, 0.15) is 17.3 Å². The fourth-order valence-corrected chi connectivity index (χ4v) is 2.72. The molecule has 0 aliphatic rings. The minimum absolute atomic E-state index is 0.0559. The molecule has 2 aromatic heterocycles. The number of pyridine rings is 1. The van der Waals surface area contributed by atoms with Gasteiger partial charge in [-0.25, -0.2) is 4.79 Å². The van der Waals surface area contributed by atoms with Gasteiger partial charge in [0.25, 0.3) is 5.56 Å². The number of hydrogen-bond acceptors (Lipinski definition) is 4. The van der Waals surface area contributed by atoms with E-state index in [2.05, 4.69) is 5.32 Å². The second-order valence-electron chi connectivity index (χ2n) is 5.82. The molecule has 0 unspecified atom stereocenters. The van der Waals surface area contributed by atoms with E-state index in [0.29, 0.717) is 22.2 Å². The van der Waals surface area contributed by atoms with Crippen molar-refractivity contribution in [3.8, 4) is 0 Å². The van der Waals surface area contributed by atoms with Gasteiger partial charge >= 0.3 is 5.97 Å². The van der Waals surface area contributed by atoms with Crippen molar-refractivity contribution in [3.05, 3.63) is 64.7 Å². The van der Waals surface area contributed by atoms with Crippen LogP contribution in [0.3, 0.4) is 0 Å². The minimum atomic E-state index is -0.434. The van der Waals surface area contributed by atoms with Crippen molar-refractivity contribution in [1.82, 2.24) is 9.13 Å². The largest absolute Gasteiger partial charge is 0.462 e. The first-order valence-corrected chi connectivity index (χ1v) is 8.21. The molecule has 7 heteroatoms. The molecule has 0 aliphatic heterocycles. The van der Waals surface area contributed by atoms with Gasteiger partial charge in [-0.2, -0.15) is 0 Å². The first kappa shape index (κ1) is 17.5. The highest BCUT2D eigenvalue weighted by atomic mass is 16.5. The first-order chi connectivity index (χ1) is 12.5. The maximum Gasteiger partial charge on any atom is 0.338 e. The Morgan fingerprint density at radius 3 is 2.73 bits per heavy atom. The lowest BCUT2D eigenvalue weighted by molar-refractivity contribution is -0.116. The number of rotatable bonds is 5. The fourth-order valence-electron chi connectivity index (χ4n) is 2.72. The molecule has 0 atom stereocenters. The van der Waals surface area contributed by atoms with E-state index < -0.39 is 5.97 Å². The molecule has 134 valence electrons. The van der Waals surface area contributed by atoms with E-state index in [-0.39, 0.29) is 24.6 Å². The number of aromatic nitrogens is 2. The van der Waals surface area contributed by atoms with Gasteiger partial charge in [0.15, 0.2) is 0 Å². The number of amides is 1. The summed E-state index contributed by atoms with van der Waals surface area (Å²) < 4.78 is 8.16. The smallest absolute Gasteiger partial charge is 0.338 e. The Morgan fingerprint density at radius 1 is 1.15 bits per heavy atom. The summed E-state index contributed by atoms with van der Waals surface area (Å²) >= 11 is 0. The summed E-state index contributed by atoms with van der Waals surface area (Å²) in [7, 11) is 1.68. The average molecular weight is 353 g/mol. The fraction of sp³-hybridized carbons (Fsp3) is 0.211. The molecule has 1 N–H and O–H groups in total. The van der Waals surface area contributed by atoms with Crippen molar-refractivity contribution in [1.29, 1.82) is 0 Å². The van der Waals surface area contributed by atoms with Crippen molar-refractivity contribution in [2.75, 3.05) is 11.9 Å². The van der Waals surface area contributed by atoms with E-state index in [1.54, 1.807) is 67.3 Å². The number of carbonyl (C=O) groups is 2. The van der Waals surface area contributed by atoms with Crippen LogP contribution in [0.25, 0.3) is 10.9 Å². The van der Waals surface area contributed by atoms with E-state index in [0.717, 1.165) is 0 Å². The highest BCUT2D eigenvalue weighted by molar-refractivity contribution is 5.95. The molecule has 7 nitrogen and oxygen atoms in total. The van der Waals surface area contributed by atoms with Gasteiger partial charge in [0.2, 0.25) is 5.91 Å². The Balaban J connectivity index is 1.76. The highest BCUT2D eigenvalue weighted by Crippen LogP contribution is 2.14. The monoisotopic (exact) mass is 353 g/mol. The van der Waals surface area contributed by atoms with E-state index in [1.807, 2.05) is 0 Å². The molecule has 0 aliphatic carbocycles. The number of carbonyl (C=O) groups excluding carboxylic acids is 2. The summed E-state index contributed by atoms with van der Waals surface area (Å²) in [4.78, 5) is 36.2. The van der Waals surface area contributed by atoms with Gasteiger partial charge in [-0.15, -0.1) is 0 Å². The van der Waals surface area contributed by atoms with Crippen molar-refractivity contribution < 1.29 is 14.3 Å². The summed E-state index contributed by atoms with van der Waals surface area (Å²) in [5.74, 6) is -0.694. The molecule has 2 heterocycles. The number of nitrogens with one attached hydrogen (secondary N) is 1. The number of anilines is 1. The number of benzene rings is 1. The molecule has 0 saturated carbocycles. The summed E-state index contributed by atoms with van der Waals surface area (Å²) in [6.45, 7) is 2.08. The number of aryl methyl sites for hydroxylation is 1. The Bertz CT molecular complexity index is 1030. The number of hydrogen-bond donors (Lipinski definition) is 1. The van der Waals surface area contributed by atoms with Crippen LogP contribution in [0, 0.1) is 0 Å². The first-order valence-electron chi connectivity index (χ1n) is 8.21. The Kier molecular flexibility index (Phi) is 4.88. The van der Waals surface area contributed by atoms with E-state index in [1.165, 1.54) is 4.57 Å². The molecular formula is C19H19N3O4. The zero-order chi connectivity index (χ0) is 18.7.